The standard InChI is InChI=1S/C19H27N5O2/c1-14(24-7-9-26-10-8-24)15-5-4-6-17(11-15)22-19(25)18(20-2)16-12-21-23(3)13-16/h4-6,11-14,18,20H,7-10H2,1-3H3,(H,22,25). The lowest BCUT2D eigenvalue weighted by Gasteiger charge is -2.32. The van der Waals surface area contributed by atoms with Crippen molar-refractivity contribution in [2.75, 3.05) is 38.7 Å². The Kier molecular flexibility index (Phi) is 6.03. The minimum Gasteiger partial charge on any atom is -0.379 e. The van der Waals surface area contributed by atoms with E-state index in [9.17, 15) is 4.79 Å². The van der Waals surface area contributed by atoms with Crippen molar-refractivity contribution in [3.63, 3.8) is 0 Å². The molecule has 0 aliphatic carbocycles. The first-order valence-electron chi connectivity index (χ1n) is 8.97. The molecular weight excluding hydrogens is 330 g/mol. The van der Waals surface area contributed by atoms with Crippen molar-refractivity contribution in [2.45, 2.75) is 19.0 Å². The van der Waals surface area contributed by atoms with Crippen LogP contribution in [0.25, 0.3) is 0 Å². The molecule has 1 saturated heterocycles. The van der Waals surface area contributed by atoms with Gasteiger partial charge in [0.2, 0.25) is 5.91 Å². The summed E-state index contributed by atoms with van der Waals surface area (Å²) < 4.78 is 7.12. The van der Waals surface area contributed by atoms with Crippen LogP contribution in [-0.2, 0) is 16.6 Å². The Morgan fingerprint density at radius 2 is 2.04 bits per heavy atom. The second-order valence-corrected chi connectivity index (χ2v) is 6.61. The van der Waals surface area contributed by atoms with Crippen LogP contribution >= 0.6 is 0 Å². The van der Waals surface area contributed by atoms with Crippen molar-refractivity contribution in [3.05, 3.63) is 47.8 Å². The molecule has 2 unspecified atom stereocenters. The number of ether oxygens (including phenoxy) is 1. The van der Waals surface area contributed by atoms with Crippen molar-refractivity contribution in [3.8, 4) is 0 Å². The van der Waals surface area contributed by atoms with Crippen LogP contribution < -0.4 is 10.6 Å². The minimum absolute atomic E-state index is 0.100. The fraction of sp³-hybridized carbons (Fsp3) is 0.474. The summed E-state index contributed by atoms with van der Waals surface area (Å²) in [5.41, 5.74) is 2.83. The summed E-state index contributed by atoms with van der Waals surface area (Å²) in [6.07, 6.45) is 3.55. The van der Waals surface area contributed by atoms with Crippen LogP contribution in [0.4, 0.5) is 5.69 Å². The van der Waals surface area contributed by atoms with Crippen LogP contribution in [0.5, 0.6) is 0 Å². The van der Waals surface area contributed by atoms with Crippen LogP contribution in [0, 0.1) is 0 Å². The Bertz CT molecular complexity index is 739. The smallest absolute Gasteiger partial charge is 0.246 e. The summed E-state index contributed by atoms with van der Waals surface area (Å²) >= 11 is 0. The number of anilines is 1. The number of aromatic nitrogens is 2. The Hall–Kier alpha value is -2.22. The van der Waals surface area contributed by atoms with Gasteiger partial charge in [0.1, 0.15) is 6.04 Å². The number of hydrogen-bond donors (Lipinski definition) is 2. The van der Waals surface area contributed by atoms with Gasteiger partial charge in [-0.1, -0.05) is 12.1 Å². The summed E-state index contributed by atoms with van der Waals surface area (Å²) in [6, 6.07) is 7.91. The molecule has 1 aliphatic heterocycles. The molecule has 1 amide bonds. The molecule has 26 heavy (non-hydrogen) atoms. The van der Waals surface area contributed by atoms with Crippen LogP contribution in [0.2, 0.25) is 0 Å². The zero-order chi connectivity index (χ0) is 18.5. The number of hydrogen-bond acceptors (Lipinski definition) is 5. The van der Waals surface area contributed by atoms with Crippen LogP contribution in [-0.4, -0.2) is 53.9 Å². The molecular formula is C19H27N5O2. The summed E-state index contributed by atoms with van der Waals surface area (Å²) in [5.74, 6) is -0.100. The largest absolute Gasteiger partial charge is 0.379 e. The van der Waals surface area contributed by atoms with Gasteiger partial charge < -0.3 is 15.4 Å². The van der Waals surface area contributed by atoms with E-state index >= 15 is 0 Å². The zero-order valence-corrected chi connectivity index (χ0v) is 15.6. The van der Waals surface area contributed by atoms with Gasteiger partial charge in [-0.2, -0.15) is 5.10 Å². The minimum atomic E-state index is -0.441. The molecule has 1 aromatic heterocycles. The molecule has 0 spiro atoms. The second kappa shape index (κ2) is 8.44. The molecule has 0 bridgehead atoms. The number of rotatable bonds is 6. The summed E-state index contributed by atoms with van der Waals surface area (Å²) in [6.45, 7) is 5.60. The number of nitrogens with one attached hydrogen (secondary N) is 2. The van der Waals surface area contributed by atoms with Crippen molar-refractivity contribution in [1.82, 2.24) is 20.0 Å². The van der Waals surface area contributed by atoms with Crippen molar-refractivity contribution < 1.29 is 9.53 Å². The van der Waals surface area contributed by atoms with Crippen LogP contribution in [0.15, 0.2) is 36.7 Å². The molecule has 2 aromatic rings. The maximum absolute atomic E-state index is 12.7. The Labute approximate surface area is 154 Å². The van der Waals surface area contributed by atoms with Gasteiger partial charge in [-0.3, -0.25) is 14.4 Å². The van der Waals surface area contributed by atoms with Gasteiger partial charge in [0.05, 0.1) is 19.4 Å². The van der Waals surface area contributed by atoms with Crippen molar-refractivity contribution in [2.24, 2.45) is 7.05 Å². The predicted octanol–water partition coefficient (Wildman–Crippen LogP) is 1.71. The fourth-order valence-corrected chi connectivity index (χ4v) is 3.30. The number of amides is 1. The second-order valence-electron chi connectivity index (χ2n) is 6.61. The number of aryl methyl sites for hydroxylation is 1. The van der Waals surface area contributed by atoms with Crippen molar-refractivity contribution >= 4 is 11.6 Å². The van der Waals surface area contributed by atoms with E-state index in [0.29, 0.717) is 0 Å². The number of carbonyl (C=O) groups excluding carboxylic acids is 1. The molecule has 2 heterocycles. The van der Waals surface area contributed by atoms with Gasteiger partial charge in [-0.15, -0.1) is 0 Å². The fourth-order valence-electron chi connectivity index (χ4n) is 3.30. The third kappa shape index (κ3) is 4.30. The lowest BCUT2D eigenvalue weighted by Crippen LogP contribution is -2.38. The molecule has 1 aliphatic rings. The average molecular weight is 357 g/mol. The first kappa shape index (κ1) is 18.6. The maximum atomic E-state index is 12.7. The van der Waals surface area contributed by atoms with Crippen molar-refractivity contribution in [1.29, 1.82) is 0 Å². The molecule has 0 radical (unpaired) electrons. The van der Waals surface area contributed by atoms with Crippen LogP contribution in [0.1, 0.15) is 30.1 Å². The summed E-state index contributed by atoms with van der Waals surface area (Å²) in [5, 5.41) is 10.2. The monoisotopic (exact) mass is 357 g/mol. The van der Waals surface area contributed by atoms with E-state index in [-0.39, 0.29) is 11.9 Å². The number of benzene rings is 1. The maximum Gasteiger partial charge on any atom is 0.246 e. The molecule has 1 aromatic carbocycles. The van der Waals surface area contributed by atoms with E-state index in [0.717, 1.165) is 37.6 Å². The quantitative estimate of drug-likeness (QED) is 0.824. The SMILES string of the molecule is CNC(C(=O)Nc1cccc(C(C)N2CCOCC2)c1)c1cnn(C)c1. The number of carbonyl (C=O) groups is 1. The van der Waals surface area contributed by atoms with E-state index in [2.05, 4.69) is 33.6 Å². The zero-order valence-electron chi connectivity index (χ0n) is 15.6. The highest BCUT2D eigenvalue weighted by atomic mass is 16.5. The van der Waals surface area contributed by atoms with E-state index < -0.39 is 6.04 Å². The van der Waals surface area contributed by atoms with Crippen LogP contribution in [0.3, 0.4) is 0 Å². The molecule has 1 fully saturated rings. The lowest BCUT2D eigenvalue weighted by molar-refractivity contribution is -0.118. The first-order valence-corrected chi connectivity index (χ1v) is 8.97. The Morgan fingerprint density at radius 1 is 1.27 bits per heavy atom. The van der Waals surface area contributed by atoms with Gasteiger partial charge in [0.25, 0.3) is 0 Å². The molecule has 3 rings (SSSR count). The normalized spacial score (nSPS) is 17.7. The van der Waals surface area contributed by atoms with Gasteiger partial charge in [-0.25, -0.2) is 0 Å². The predicted molar refractivity (Wildman–Crippen MR) is 101 cm³/mol. The van der Waals surface area contributed by atoms with E-state index in [4.69, 9.17) is 4.74 Å². The topological polar surface area (TPSA) is 71.4 Å². The molecule has 7 nitrogen and oxygen atoms in total. The number of likely N-dealkylation sites (N-methyl/N-ethyl adjacent to an activating group) is 1. The molecule has 2 N–H and O–H groups in total. The molecule has 0 saturated carbocycles. The summed E-state index contributed by atoms with van der Waals surface area (Å²) in [4.78, 5) is 15.1. The third-order valence-electron chi connectivity index (χ3n) is 4.84. The van der Waals surface area contributed by atoms with Gasteiger partial charge >= 0.3 is 0 Å². The highest BCUT2D eigenvalue weighted by Crippen LogP contribution is 2.24. The summed E-state index contributed by atoms with van der Waals surface area (Å²) in [7, 11) is 3.61. The van der Waals surface area contributed by atoms with Gasteiger partial charge in [-0.05, 0) is 31.7 Å². The lowest BCUT2D eigenvalue weighted by atomic mass is 10.1. The van der Waals surface area contributed by atoms with E-state index in [1.807, 2.05) is 31.4 Å². The van der Waals surface area contributed by atoms with E-state index in [1.54, 1.807) is 17.9 Å². The molecule has 7 heteroatoms. The number of morpholine rings is 1. The Morgan fingerprint density at radius 3 is 2.69 bits per heavy atom. The molecule has 2 atom stereocenters. The van der Waals surface area contributed by atoms with E-state index in [1.165, 1.54) is 5.56 Å². The first-order chi connectivity index (χ1) is 12.6. The van der Waals surface area contributed by atoms with Gasteiger partial charge in [0.15, 0.2) is 0 Å². The third-order valence-corrected chi connectivity index (χ3v) is 4.84. The number of nitrogens with zero attached hydrogens (tertiary/aromatic N) is 3. The highest BCUT2D eigenvalue weighted by Gasteiger charge is 2.22. The highest BCUT2D eigenvalue weighted by molar-refractivity contribution is 5.95. The average Bonchev–Trinajstić information content (AvgIpc) is 3.08. The Balaban J connectivity index is 1.70. The molecule has 140 valence electrons. The van der Waals surface area contributed by atoms with Gasteiger partial charge in [0, 0.05) is 43.6 Å².